The highest BCUT2D eigenvalue weighted by Gasteiger charge is 2.10. The first kappa shape index (κ1) is 12.7. The van der Waals surface area contributed by atoms with Crippen molar-refractivity contribution in [3.63, 3.8) is 0 Å². The third-order valence-electron chi connectivity index (χ3n) is 3.23. The minimum Gasteiger partial charge on any atom is -0.382 e. The van der Waals surface area contributed by atoms with Gasteiger partial charge in [-0.05, 0) is 42.7 Å². The average molecular weight is 243 g/mol. The van der Waals surface area contributed by atoms with E-state index in [0.29, 0.717) is 12.0 Å². The third-order valence-corrected chi connectivity index (χ3v) is 3.23. The molecule has 0 aliphatic rings. The number of aromatic nitrogens is 2. The highest BCUT2D eigenvalue weighted by Crippen LogP contribution is 2.17. The zero-order chi connectivity index (χ0) is 13.0. The normalized spacial score (nSPS) is 12.7. The number of anilines is 1. The maximum atomic E-state index is 4.22. The summed E-state index contributed by atoms with van der Waals surface area (Å²) in [5.41, 5.74) is 2.26. The number of nitrogens with one attached hydrogen (secondary N) is 1. The molecule has 1 atom stereocenters. The fourth-order valence-corrected chi connectivity index (χ4v) is 2.09. The van der Waals surface area contributed by atoms with Crippen LogP contribution in [0.5, 0.6) is 0 Å². The van der Waals surface area contributed by atoms with Gasteiger partial charge in [0.15, 0.2) is 0 Å². The van der Waals surface area contributed by atoms with Crippen LogP contribution in [0.4, 0.5) is 5.69 Å². The lowest BCUT2D eigenvalue weighted by molar-refractivity contribution is 0.511. The lowest BCUT2D eigenvalue weighted by Crippen LogP contribution is -2.24. The van der Waals surface area contributed by atoms with E-state index in [2.05, 4.69) is 55.5 Å². The Morgan fingerprint density at radius 1 is 1.22 bits per heavy atom. The smallest absolute Gasteiger partial charge is 0.0647 e. The molecule has 0 amide bonds. The molecule has 2 rings (SSSR count). The van der Waals surface area contributed by atoms with Crippen molar-refractivity contribution in [1.82, 2.24) is 9.78 Å². The number of benzene rings is 1. The highest BCUT2D eigenvalue weighted by molar-refractivity contribution is 5.49. The van der Waals surface area contributed by atoms with E-state index < -0.39 is 0 Å². The molecule has 0 aliphatic carbocycles. The number of hydrogen-bond donors (Lipinski definition) is 1. The quantitative estimate of drug-likeness (QED) is 0.867. The van der Waals surface area contributed by atoms with Gasteiger partial charge in [0.2, 0.25) is 0 Å². The van der Waals surface area contributed by atoms with Crippen LogP contribution in [0.15, 0.2) is 42.7 Å². The number of rotatable bonds is 5. The first-order valence-corrected chi connectivity index (χ1v) is 6.57. The lowest BCUT2D eigenvalue weighted by atomic mass is 10.0. The van der Waals surface area contributed by atoms with E-state index in [4.69, 9.17) is 0 Å². The van der Waals surface area contributed by atoms with Crippen molar-refractivity contribution in [3.05, 3.63) is 42.7 Å². The zero-order valence-electron chi connectivity index (χ0n) is 11.3. The summed E-state index contributed by atoms with van der Waals surface area (Å²) in [5.74, 6) is 0.640. The first-order valence-electron chi connectivity index (χ1n) is 6.57. The van der Waals surface area contributed by atoms with Crippen LogP contribution in [-0.4, -0.2) is 15.8 Å². The Morgan fingerprint density at radius 2 is 1.94 bits per heavy atom. The highest BCUT2D eigenvalue weighted by atomic mass is 15.3. The molecule has 2 aromatic rings. The molecule has 96 valence electrons. The van der Waals surface area contributed by atoms with Gasteiger partial charge in [-0.25, -0.2) is 4.68 Å². The fourth-order valence-electron chi connectivity index (χ4n) is 2.09. The summed E-state index contributed by atoms with van der Waals surface area (Å²) in [5, 5.41) is 7.79. The van der Waals surface area contributed by atoms with Gasteiger partial charge in [0.1, 0.15) is 0 Å². The standard InChI is InChI=1S/C15H21N3/c1-4-15(12(2)3)17-13-6-8-14(9-7-13)18-11-5-10-16-18/h5-12,15,17H,4H2,1-3H3. The second-order valence-corrected chi connectivity index (χ2v) is 4.90. The molecular formula is C15H21N3. The largest absolute Gasteiger partial charge is 0.382 e. The molecule has 1 unspecified atom stereocenters. The van der Waals surface area contributed by atoms with E-state index >= 15 is 0 Å². The Hall–Kier alpha value is -1.77. The van der Waals surface area contributed by atoms with E-state index in [1.54, 1.807) is 6.20 Å². The van der Waals surface area contributed by atoms with Crippen LogP contribution >= 0.6 is 0 Å². The van der Waals surface area contributed by atoms with Gasteiger partial charge in [-0.3, -0.25) is 0 Å². The molecule has 0 bridgehead atoms. The lowest BCUT2D eigenvalue weighted by Gasteiger charge is -2.22. The van der Waals surface area contributed by atoms with Crippen LogP contribution in [0, 0.1) is 5.92 Å². The summed E-state index contributed by atoms with van der Waals surface area (Å²) in [6, 6.07) is 10.9. The predicted octanol–water partition coefficient (Wildman–Crippen LogP) is 3.72. The molecule has 1 N–H and O–H groups in total. The molecule has 18 heavy (non-hydrogen) atoms. The van der Waals surface area contributed by atoms with E-state index in [1.807, 2.05) is 16.9 Å². The van der Waals surface area contributed by atoms with Gasteiger partial charge in [0.25, 0.3) is 0 Å². The van der Waals surface area contributed by atoms with Crippen LogP contribution in [0.1, 0.15) is 27.2 Å². The summed E-state index contributed by atoms with van der Waals surface area (Å²) < 4.78 is 1.86. The Morgan fingerprint density at radius 3 is 2.44 bits per heavy atom. The average Bonchev–Trinajstić information content (AvgIpc) is 2.90. The molecule has 0 aliphatic heterocycles. The van der Waals surface area contributed by atoms with Crippen LogP contribution < -0.4 is 5.32 Å². The van der Waals surface area contributed by atoms with Gasteiger partial charge in [-0.2, -0.15) is 5.10 Å². The Balaban J connectivity index is 2.08. The maximum Gasteiger partial charge on any atom is 0.0647 e. The molecule has 3 nitrogen and oxygen atoms in total. The Labute approximate surface area is 109 Å². The molecule has 0 saturated heterocycles. The van der Waals surface area contributed by atoms with Gasteiger partial charge in [0, 0.05) is 24.1 Å². The molecule has 1 aromatic carbocycles. The van der Waals surface area contributed by atoms with E-state index in [1.165, 1.54) is 5.69 Å². The monoisotopic (exact) mass is 243 g/mol. The number of nitrogens with zero attached hydrogens (tertiary/aromatic N) is 2. The molecule has 0 radical (unpaired) electrons. The van der Waals surface area contributed by atoms with E-state index in [0.717, 1.165) is 12.1 Å². The van der Waals surface area contributed by atoms with Crippen LogP contribution in [0.25, 0.3) is 5.69 Å². The second kappa shape index (κ2) is 5.71. The van der Waals surface area contributed by atoms with Crippen molar-refractivity contribution in [2.75, 3.05) is 5.32 Å². The van der Waals surface area contributed by atoms with Crippen LogP contribution in [0.3, 0.4) is 0 Å². The SMILES string of the molecule is CCC(Nc1ccc(-n2cccn2)cc1)C(C)C. The maximum absolute atomic E-state index is 4.22. The number of hydrogen-bond acceptors (Lipinski definition) is 2. The van der Waals surface area contributed by atoms with Gasteiger partial charge < -0.3 is 5.32 Å². The van der Waals surface area contributed by atoms with Gasteiger partial charge in [-0.15, -0.1) is 0 Å². The van der Waals surface area contributed by atoms with Crippen molar-refractivity contribution in [2.24, 2.45) is 5.92 Å². The van der Waals surface area contributed by atoms with Crippen LogP contribution in [0.2, 0.25) is 0 Å². The van der Waals surface area contributed by atoms with Gasteiger partial charge in [-0.1, -0.05) is 20.8 Å². The molecule has 0 saturated carbocycles. The topological polar surface area (TPSA) is 29.9 Å². The zero-order valence-corrected chi connectivity index (χ0v) is 11.3. The van der Waals surface area contributed by atoms with Crippen molar-refractivity contribution in [1.29, 1.82) is 0 Å². The van der Waals surface area contributed by atoms with Gasteiger partial charge in [0.05, 0.1) is 5.69 Å². The molecule has 0 fully saturated rings. The molecule has 0 spiro atoms. The summed E-state index contributed by atoms with van der Waals surface area (Å²) in [7, 11) is 0. The van der Waals surface area contributed by atoms with Crippen molar-refractivity contribution in [2.45, 2.75) is 33.2 Å². The molecule has 1 aromatic heterocycles. The minimum atomic E-state index is 0.528. The Bertz CT molecular complexity index is 457. The van der Waals surface area contributed by atoms with Crippen molar-refractivity contribution < 1.29 is 0 Å². The summed E-state index contributed by atoms with van der Waals surface area (Å²) >= 11 is 0. The summed E-state index contributed by atoms with van der Waals surface area (Å²) in [4.78, 5) is 0. The molecule has 1 heterocycles. The summed E-state index contributed by atoms with van der Waals surface area (Å²) in [6.45, 7) is 6.72. The molecule has 3 heteroatoms. The van der Waals surface area contributed by atoms with Crippen molar-refractivity contribution >= 4 is 5.69 Å². The second-order valence-electron chi connectivity index (χ2n) is 4.90. The first-order chi connectivity index (χ1) is 8.70. The molecular weight excluding hydrogens is 222 g/mol. The van der Waals surface area contributed by atoms with E-state index in [9.17, 15) is 0 Å². The fraction of sp³-hybridized carbons (Fsp3) is 0.400. The third kappa shape index (κ3) is 2.92. The van der Waals surface area contributed by atoms with Crippen molar-refractivity contribution in [3.8, 4) is 5.69 Å². The van der Waals surface area contributed by atoms with Gasteiger partial charge >= 0.3 is 0 Å². The minimum absolute atomic E-state index is 0.528. The predicted molar refractivity (Wildman–Crippen MR) is 76.1 cm³/mol. The van der Waals surface area contributed by atoms with E-state index in [-0.39, 0.29) is 0 Å². The van der Waals surface area contributed by atoms with Crippen LogP contribution in [-0.2, 0) is 0 Å². The summed E-state index contributed by atoms with van der Waals surface area (Å²) in [6.07, 6.45) is 4.88. The Kier molecular flexibility index (Phi) is 4.03.